The van der Waals surface area contributed by atoms with Crippen LogP contribution in [-0.2, 0) is 18.3 Å². The predicted octanol–water partition coefficient (Wildman–Crippen LogP) is 0.966. The topological polar surface area (TPSA) is 84.2 Å². The number of hydrogen-bond acceptors (Lipinski definition) is 3. The molecule has 0 bridgehead atoms. The number of hydrogen-bond donors (Lipinski definition) is 2. The van der Waals surface area contributed by atoms with E-state index in [0.29, 0.717) is 11.6 Å². The summed E-state index contributed by atoms with van der Waals surface area (Å²) < 4.78 is 1.54. The van der Waals surface area contributed by atoms with Crippen molar-refractivity contribution >= 4 is 11.9 Å². The summed E-state index contributed by atoms with van der Waals surface area (Å²) in [7, 11) is 1.72. The Kier molecular flexibility index (Phi) is 3.87. The molecular formula is C13H19N3O3. The van der Waals surface area contributed by atoms with E-state index in [2.05, 4.69) is 10.4 Å². The molecule has 1 aromatic heterocycles. The first-order valence-electron chi connectivity index (χ1n) is 6.56. The van der Waals surface area contributed by atoms with E-state index in [1.165, 1.54) is 0 Å². The van der Waals surface area contributed by atoms with Crippen LogP contribution < -0.4 is 5.32 Å². The zero-order chi connectivity index (χ0) is 14.0. The van der Waals surface area contributed by atoms with Crippen molar-refractivity contribution in [2.45, 2.75) is 38.6 Å². The van der Waals surface area contributed by atoms with E-state index in [9.17, 15) is 9.59 Å². The fourth-order valence-corrected chi connectivity index (χ4v) is 2.18. The third-order valence-corrected chi connectivity index (χ3v) is 3.43. The molecule has 0 saturated heterocycles. The van der Waals surface area contributed by atoms with Crippen molar-refractivity contribution in [3.05, 3.63) is 17.5 Å². The summed E-state index contributed by atoms with van der Waals surface area (Å²) in [4.78, 5) is 23.0. The second-order valence-electron chi connectivity index (χ2n) is 5.01. The predicted molar refractivity (Wildman–Crippen MR) is 68.8 cm³/mol. The summed E-state index contributed by atoms with van der Waals surface area (Å²) in [6.45, 7) is 1.97. The second kappa shape index (κ2) is 5.42. The van der Waals surface area contributed by atoms with Gasteiger partial charge in [-0.05, 0) is 31.2 Å². The summed E-state index contributed by atoms with van der Waals surface area (Å²) in [6.07, 6.45) is 2.73. The Morgan fingerprint density at radius 1 is 1.58 bits per heavy atom. The molecule has 1 fully saturated rings. The quantitative estimate of drug-likeness (QED) is 0.802. The molecule has 1 aliphatic carbocycles. The molecule has 6 nitrogen and oxygen atoms in total. The van der Waals surface area contributed by atoms with Crippen molar-refractivity contribution < 1.29 is 14.7 Å². The Morgan fingerprint density at radius 3 is 2.74 bits per heavy atom. The van der Waals surface area contributed by atoms with E-state index in [1.54, 1.807) is 17.8 Å². The molecule has 1 saturated carbocycles. The lowest BCUT2D eigenvalue weighted by atomic mass is 10.1. The van der Waals surface area contributed by atoms with E-state index in [0.717, 1.165) is 25.0 Å². The number of nitrogens with zero attached hydrogens (tertiary/aromatic N) is 2. The fourth-order valence-electron chi connectivity index (χ4n) is 2.18. The molecule has 104 valence electrons. The number of carboxylic acids is 1. The average Bonchev–Trinajstić information content (AvgIpc) is 3.11. The van der Waals surface area contributed by atoms with Crippen molar-refractivity contribution in [3.8, 4) is 0 Å². The van der Waals surface area contributed by atoms with Crippen LogP contribution in [0, 0.1) is 5.92 Å². The van der Waals surface area contributed by atoms with Crippen molar-refractivity contribution in [2.24, 2.45) is 13.0 Å². The van der Waals surface area contributed by atoms with E-state index in [1.807, 2.05) is 6.92 Å². The van der Waals surface area contributed by atoms with Crippen molar-refractivity contribution in [2.75, 3.05) is 0 Å². The normalized spacial score (nSPS) is 16.1. The third kappa shape index (κ3) is 3.33. The highest BCUT2D eigenvalue weighted by Crippen LogP contribution is 2.34. The number of nitrogens with one attached hydrogen (secondary N) is 1. The summed E-state index contributed by atoms with van der Waals surface area (Å²) in [5, 5.41) is 15.9. The summed E-state index contributed by atoms with van der Waals surface area (Å²) >= 11 is 0. The largest absolute Gasteiger partial charge is 0.481 e. The summed E-state index contributed by atoms with van der Waals surface area (Å²) in [5.41, 5.74) is 1.33. The Balaban J connectivity index is 2.05. The van der Waals surface area contributed by atoms with Gasteiger partial charge in [0.05, 0.1) is 12.1 Å². The summed E-state index contributed by atoms with van der Waals surface area (Å²) in [6, 6.07) is 1.48. The molecule has 0 aromatic carbocycles. The molecule has 2 N–H and O–H groups in total. The first-order valence-corrected chi connectivity index (χ1v) is 6.56. The van der Waals surface area contributed by atoms with Gasteiger partial charge in [-0.2, -0.15) is 5.10 Å². The fraction of sp³-hybridized carbons (Fsp3) is 0.615. The van der Waals surface area contributed by atoms with Crippen LogP contribution in [0.3, 0.4) is 0 Å². The molecule has 1 atom stereocenters. The van der Waals surface area contributed by atoms with E-state index >= 15 is 0 Å². The van der Waals surface area contributed by atoms with Crippen LogP contribution in [0.1, 0.15) is 42.4 Å². The Labute approximate surface area is 111 Å². The van der Waals surface area contributed by atoms with E-state index in [4.69, 9.17) is 5.11 Å². The van der Waals surface area contributed by atoms with Gasteiger partial charge in [0.2, 0.25) is 0 Å². The lowest BCUT2D eigenvalue weighted by Crippen LogP contribution is -2.38. The third-order valence-electron chi connectivity index (χ3n) is 3.43. The second-order valence-corrected chi connectivity index (χ2v) is 5.01. The maximum absolute atomic E-state index is 12.2. The molecule has 1 unspecified atom stereocenters. The molecule has 1 aliphatic rings. The number of aryl methyl sites for hydroxylation is 2. The minimum atomic E-state index is -0.878. The number of aromatic nitrogens is 2. The summed E-state index contributed by atoms with van der Waals surface area (Å²) in [5.74, 6) is -0.816. The molecule has 1 aromatic rings. The molecule has 0 aliphatic heterocycles. The Hall–Kier alpha value is -1.85. The minimum Gasteiger partial charge on any atom is -0.481 e. The smallest absolute Gasteiger partial charge is 0.305 e. The number of carbonyl (C=O) groups excluding carboxylic acids is 1. The lowest BCUT2D eigenvalue weighted by molar-refractivity contribution is -0.137. The van der Waals surface area contributed by atoms with Crippen LogP contribution in [0.25, 0.3) is 0 Å². The molecule has 0 radical (unpaired) electrons. The van der Waals surface area contributed by atoms with Crippen LogP contribution in [0.4, 0.5) is 0 Å². The van der Waals surface area contributed by atoms with Gasteiger partial charge in [0.15, 0.2) is 0 Å². The maximum Gasteiger partial charge on any atom is 0.305 e. The number of carboxylic acid groups (broad SMARTS) is 1. The molecule has 1 heterocycles. The van der Waals surface area contributed by atoms with Crippen molar-refractivity contribution in [1.82, 2.24) is 15.1 Å². The Bertz CT molecular complexity index is 491. The van der Waals surface area contributed by atoms with Crippen molar-refractivity contribution in [3.63, 3.8) is 0 Å². The maximum atomic E-state index is 12.2. The number of rotatable bonds is 6. The van der Waals surface area contributed by atoms with Crippen LogP contribution in [0.2, 0.25) is 0 Å². The molecule has 2 rings (SSSR count). The highest BCUT2D eigenvalue weighted by atomic mass is 16.4. The molecule has 1 amide bonds. The number of amides is 1. The Morgan fingerprint density at radius 2 is 2.26 bits per heavy atom. The van der Waals surface area contributed by atoms with Gasteiger partial charge >= 0.3 is 5.97 Å². The van der Waals surface area contributed by atoms with Gasteiger partial charge in [0, 0.05) is 13.1 Å². The highest BCUT2D eigenvalue weighted by molar-refractivity contribution is 5.93. The standard InChI is InChI=1S/C13H19N3O3/c1-3-9-6-11(16(2)15-9)13(19)14-10(7-12(17)18)8-4-5-8/h6,8,10H,3-5,7H2,1-2H3,(H,14,19)(H,17,18). The van der Waals surface area contributed by atoms with Gasteiger partial charge in [-0.3, -0.25) is 14.3 Å². The first kappa shape index (κ1) is 13.6. The van der Waals surface area contributed by atoms with Crippen LogP contribution >= 0.6 is 0 Å². The minimum absolute atomic E-state index is 0.0190. The molecular weight excluding hydrogens is 246 g/mol. The van der Waals surface area contributed by atoms with Gasteiger partial charge in [0.1, 0.15) is 5.69 Å². The number of aliphatic carboxylic acids is 1. The van der Waals surface area contributed by atoms with Crippen LogP contribution in [0.15, 0.2) is 6.07 Å². The average molecular weight is 265 g/mol. The lowest BCUT2D eigenvalue weighted by Gasteiger charge is -2.15. The van der Waals surface area contributed by atoms with Crippen LogP contribution in [0.5, 0.6) is 0 Å². The number of carbonyl (C=O) groups is 2. The van der Waals surface area contributed by atoms with E-state index < -0.39 is 5.97 Å². The monoisotopic (exact) mass is 265 g/mol. The zero-order valence-electron chi connectivity index (χ0n) is 11.2. The molecule has 6 heteroatoms. The van der Waals surface area contributed by atoms with Gasteiger partial charge in [-0.15, -0.1) is 0 Å². The molecule has 0 spiro atoms. The SMILES string of the molecule is CCc1cc(C(=O)NC(CC(=O)O)C2CC2)n(C)n1. The van der Waals surface area contributed by atoms with Crippen LogP contribution in [-0.4, -0.2) is 32.8 Å². The van der Waals surface area contributed by atoms with E-state index in [-0.39, 0.29) is 18.4 Å². The van der Waals surface area contributed by atoms with Gasteiger partial charge in [-0.25, -0.2) is 0 Å². The first-order chi connectivity index (χ1) is 9.01. The zero-order valence-corrected chi connectivity index (χ0v) is 11.2. The van der Waals surface area contributed by atoms with Crippen molar-refractivity contribution in [1.29, 1.82) is 0 Å². The van der Waals surface area contributed by atoms with Gasteiger partial charge < -0.3 is 10.4 Å². The molecule has 19 heavy (non-hydrogen) atoms. The highest BCUT2D eigenvalue weighted by Gasteiger charge is 2.34. The van der Waals surface area contributed by atoms with Gasteiger partial charge in [-0.1, -0.05) is 6.92 Å². The van der Waals surface area contributed by atoms with Gasteiger partial charge in [0.25, 0.3) is 5.91 Å².